The Hall–Kier alpha value is -1.19. The standard InChI is InChI=1S/C17H21BrN2/c1-17(2,14-7-5-4-6-8-14)16(19-3)10-13-9-15(18)12-20-11-13/h4-9,11-12,16,19H,10H2,1-3H3. The maximum atomic E-state index is 4.25. The number of hydrogen-bond acceptors (Lipinski definition) is 2. The lowest BCUT2D eigenvalue weighted by Crippen LogP contribution is -2.44. The molecule has 0 saturated carbocycles. The summed E-state index contributed by atoms with van der Waals surface area (Å²) in [6.45, 7) is 4.57. The summed E-state index contributed by atoms with van der Waals surface area (Å²) >= 11 is 3.49. The van der Waals surface area contributed by atoms with E-state index in [9.17, 15) is 0 Å². The number of benzene rings is 1. The van der Waals surface area contributed by atoms with Crippen LogP contribution >= 0.6 is 15.9 Å². The monoisotopic (exact) mass is 332 g/mol. The minimum atomic E-state index is 0.0539. The highest BCUT2D eigenvalue weighted by atomic mass is 79.9. The topological polar surface area (TPSA) is 24.9 Å². The fraction of sp³-hybridized carbons (Fsp3) is 0.353. The Morgan fingerprint density at radius 1 is 1.20 bits per heavy atom. The number of likely N-dealkylation sites (N-methyl/N-ethyl adjacent to an activating group) is 1. The molecule has 0 aliphatic carbocycles. The Balaban J connectivity index is 2.23. The van der Waals surface area contributed by atoms with E-state index in [0.29, 0.717) is 6.04 Å². The van der Waals surface area contributed by atoms with Gasteiger partial charge < -0.3 is 5.32 Å². The first-order chi connectivity index (χ1) is 9.54. The lowest BCUT2D eigenvalue weighted by atomic mass is 9.75. The van der Waals surface area contributed by atoms with Crippen LogP contribution in [0.15, 0.2) is 53.3 Å². The number of hydrogen-bond donors (Lipinski definition) is 1. The van der Waals surface area contributed by atoms with Crippen LogP contribution in [0.2, 0.25) is 0 Å². The van der Waals surface area contributed by atoms with Crippen molar-refractivity contribution in [1.82, 2.24) is 10.3 Å². The molecule has 2 aromatic rings. The smallest absolute Gasteiger partial charge is 0.0410 e. The summed E-state index contributed by atoms with van der Waals surface area (Å²) in [6, 6.07) is 13.1. The molecule has 0 spiro atoms. The van der Waals surface area contributed by atoms with Crippen LogP contribution in [0.3, 0.4) is 0 Å². The highest BCUT2D eigenvalue weighted by Crippen LogP contribution is 2.29. The van der Waals surface area contributed by atoms with E-state index in [4.69, 9.17) is 0 Å². The van der Waals surface area contributed by atoms with Crippen molar-refractivity contribution in [3.05, 3.63) is 64.4 Å². The molecular formula is C17H21BrN2. The second-order valence-corrected chi connectivity index (χ2v) is 6.56. The predicted octanol–water partition coefficient (Wildman–Crippen LogP) is 3.95. The van der Waals surface area contributed by atoms with E-state index in [0.717, 1.165) is 10.9 Å². The summed E-state index contributed by atoms with van der Waals surface area (Å²) in [5, 5.41) is 3.47. The van der Waals surface area contributed by atoms with Crippen LogP contribution in [-0.4, -0.2) is 18.1 Å². The quantitative estimate of drug-likeness (QED) is 0.896. The van der Waals surface area contributed by atoms with Crippen LogP contribution in [0, 0.1) is 0 Å². The van der Waals surface area contributed by atoms with Gasteiger partial charge in [-0.1, -0.05) is 44.2 Å². The Morgan fingerprint density at radius 3 is 2.50 bits per heavy atom. The Bertz CT molecular complexity index is 552. The van der Waals surface area contributed by atoms with Crippen molar-refractivity contribution in [2.75, 3.05) is 7.05 Å². The fourth-order valence-corrected chi connectivity index (χ4v) is 3.00. The average molecular weight is 333 g/mol. The van der Waals surface area contributed by atoms with Gasteiger partial charge in [-0.2, -0.15) is 0 Å². The molecule has 106 valence electrons. The Labute approximate surface area is 129 Å². The van der Waals surface area contributed by atoms with Crippen LogP contribution in [0.4, 0.5) is 0 Å². The van der Waals surface area contributed by atoms with Crippen LogP contribution < -0.4 is 5.32 Å². The highest BCUT2D eigenvalue weighted by Gasteiger charge is 2.30. The average Bonchev–Trinajstić information content (AvgIpc) is 2.45. The molecule has 0 aliphatic heterocycles. The third-order valence-corrected chi connectivity index (χ3v) is 4.37. The first-order valence-electron chi connectivity index (χ1n) is 6.86. The predicted molar refractivity (Wildman–Crippen MR) is 88.0 cm³/mol. The SMILES string of the molecule is CNC(Cc1cncc(Br)c1)C(C)(C)c1ccccc1. The summed E-state index contributed by atoms with van der Waals surface area (Å²) in [5.74, 6) is 0. The van der Waals surface area contributed by atoms with Gasteiger partial charge in [-0.3, -0.25) is 4.98 Å². The highest BCUT2D eigenvalue weighted by molar-refractivity contribution is 9.10. The summed E-state index contributed by atoms with van der Waals surface area (Å²) in [5.41, 5.74) is 2.64. The van der Waals surface area contributed by atoms with Crippen molar-refractivity contribution in [3.63, 3.8) is 0 Å². The number of aromatic nitrogens is 1. The van der Waals surface area contributed by atoms with E-state index in [1.54, 1.807) is 0 Å². The molecule has 0 fully saturated rings. The van der Waals surface area contributed by atoms with Gasteiger partial charge in [-0.05, 0) is 46.6 Å². The molecule has 3 heteroatoms. The van der Waals surface area contributed by atoms with Gasteiger partial charge in [0.1, 0.15) is 0 Å². The molecule has 1 aromatic carbocycles. The normalized spacial score (nSPS) is 13.2. The van der Waals surface area contributed by atoms with Crippen LogP contribution in [-0.2, 0) is 11.8 Å². The van der Waals surface area contributed by atoms with Gasteiger partial charge in [0.05, 0.1) is 0 Å². The molecule has 2 nitrogen and oxygen atoms in total. The summed E-state index contributed by atoms with van der Waals surface area (Å²) in [6.07, 6.45) is 4.71. The van der Waals surface area contributed by atoms with E-state index < -0.39 is 0 Å². The van der Waals surface area contributed by atoms with Gasteiger partial charge in [-0.15, -0.1) is 0 Å². The molecule has 0 saturated heterocycles. The molecule has 1 heterocycles. The van der Waals surface area contributed by atoms with Gasteiger partial charge in [0.25, 0.3) is 0 Å². The summed E-state index contributed by atoms with van der Waals surface area (Å²) in [7, 11) is 2.03. The van der Waals surface area contributed by atoms with Gasteiger partial charge in [0.2, 0.25) is 0 Å². The summed E-state index contributed by atoms with van der Waals surface area (Å²) in [4.78, 5) is 4.25. The Morgan fingerprint density at radius 2 is 1.90 bits per heavy atom. The summed E-state index contributed by atoms with van der Waals surface area (Å²) < 4.78 is 1.03. The zero-order valence-corrected chi connectivity index (χ0v) is 13.8. The molecule has 1 unspecified atom stereocenters. The van der Waals surface area contributed by atoms with Crippen LogP contribution in [0.1, 0.15) is 25.0 Å². The molecule has 1 atom stereocenters. The maximum absolute atomic E-state index is 4.25. The molecule has 1 aromatic heterocycles. The van der Waals surface area contributed by atoms with Crippen molar-refractivity contribution < 1.29 is 0 Å². The maximum Gasteiger partial charge on any atom is 0.0410 e. The van der Waals surface area contributed by atoms with Crippen molar-refractivity contribution in [2.45, 2.75) is 31.7 Å². The van der Waals surface area contributed by atoms with Crippen molar-refractivity contribution in [3.8, 4) is 0 Å². The number of nitrogens with one attached hydrogen (secondary N) is 1. The van der Waals surface area contributed by atoms with E-state index >= 15 is 0 Å². The first-order valence-corrected chi connectivity index (χ1v) is 7.65. The molecule has 0 aliphatic rings. The number of rotatable bonds is 5. The Kier molecular flexibility index (Phi) is 4.95. The van der Waals surface area contributed by atoms with E-state index in [-0.39, 0.29) is 5.41 Å². The van der Waals surface area contributed by atoms with E-state index in [1.807, 2.05) is 19.4 Å². The number of pyridine rings is 1. The molecule has 1 N–H and O–H groups in total. The molecule has 20 heavy (non-hydrogen) atoms. The lowest BCUT2D eigenvalue weighted by Gasteiger charge is -2.35. The molecular weight excluding hydrogens is 312 g/mol. The van der Waals surface area contributed by atoms with Gasteiger partial charge in [-0.25, -0.2) is 0 Å². The molecule has 0 bridgehead atoms. The fourth-order valence-electron chi connectivity index (χ4n) is 2.59. The zero-order chi connectivity index (χ0) is 14.6. The number of nitrogens with zero attached hydrogens (tertiary/aromatic N) is 1. The largest absolute Gasteiger partial charge is 0.316 e. The third kappa shape index (κ3) is 3.47. The molecule has 0 amide bonds. The van der Waals surface area contributed by atoms with E-state index in [2.05, 4.69) is 76.5 Å². The third-order valence-electron chi connectivity index (χ3n) is 3.94. The first kappa shape index (κ1) is 15.2. The number of halogens is 1. The van der Waals surface area contributed by atoms with Gasteiger partial charge in [0, 0.05) is 28.3 Å². The molecule has 2 rings (SSSR count). The minimum absolute atomic E-state index is 0.0539. The zero-order valence-electron chi connectivity index (χ0n) is 12.2. The van der Waals surface area contributed by atoms with Crippen molar-refractivity contribution in [1.29, 1.82) is 0 Å². The lowest BCUT2D eigenvalue weighted by molar-refractivity contribution is 0.356. The van der Waals surface area contributed by atoms with Gasteiger partial charge in [0.15, 0.2) is 0 Å². The van der Waals surface area contributed by atoms with E-state index in [1.165, 1.54) is 11.1 Å². The second-order valence-electron chi connectivity index (χ2n) is 5.64. The van der Waals surface area contributed by atoms with Gasteiger partial charge >= 0.3 is 0 Å². The van der Waals surface area contributed by atoms with Crippen molar-refractivity contribution in [2.24, 2.45) is 0 Å². The minimum Gasteiger partial charge on any atom is -0.316 e. The molecule has 0 radical (unpaired) electrons. The van der Waals surface area contributed by atoms with Crippen LogP contribution in [0.25, 0.3) is 0 Å². The second kappa shape index (κ2) is 6.51. The van der Waals surface area contributed by atoms with Crippen LogP contribution in [0.5, 0.6) is 0 Å². The van der Waals surface area contributed by atoms with Crippen molar-refractivity contribution >= 4 is 15.9 Å².